The molecule has 0 amide bonds. The number of hydrogen-bond donors (Lipinski definition) is 0. The van der Waals surface area contributed by atoms with Crippen molar-refractivity contribution >= 4 is 11.8 Å². The van der Waals surface area contributed by atoms with Gasteiger partial charge >= 0.3 is 0 Å². The molecule has 1 aliphatic rings. The summed E-state index contributed by atoms with van der Waals surface area (Å²) in [6.07, 6.45) is 2.15. The third-order valence-corrected chi connectivity index (χ3v) is 2.61. The molecule has 1 nitrogen and oxygen atoms in total. The maximum atomic E-state index is 2.33. The number of rotatable bonds is 1. The van der Waals surface area contributed by atoms with Crippen LogP contribution >= 0.6 is 11.8 Å². The largest absolute Gasteiger partial charge is 0.298 e. The Morgan fingerprint density at radius 1 is 1.44 bits per heavy atom. The van der Waals surface area contributed by atoms with Crippen LogP contribution in [0.5, 0.6) is 0 Å². The summed E-state index contributed by atoms with van der Waals surface area (Å²) in [6, 6.07) is 0. The van der Waals surface area contributed by atoms with Crippen molar-refractivity contribution in [2.75, 3.05) is 26.4 Å². The minimum Gasteiger partial charge on any atom is -0.298 e. The normalized spacial score (nSPS) is 21.7. The van der Waals surface area contributed by atoms with Crippen LogP contribution < -0.4 is 0 Å². The average molecular weight is 143 g/mol. The molecule has 0 aromatic heterocycles. The lowest BCUT2D eigenvalue weighted by molar-refractivity contribution is 0.428. The van der Waals surface area contributed by atoms with Crippen molar-refractivity contribution in [1.29, 1.82) is 0 Å². The molecule has 9 heavy (non-hydrogen) atoms. The van der Waals surface area contributed by atoms with E-state index in [1.807, 2.05) is 11.8 Å². The summed E-state index contributed by atoms with van der Waals surface area (Å²) in [5, 5.41) is 0. The van der Waals surface area contributed by atoms with Gasteiger partial charge in [0.2, 0.25) is 0 Å². The van der Waals surface area contributed by atoms with Crippen molar-refractivity contribution < 1.29 is 0 Å². The van der Waals surface area contributed by atoms with Gasteiger partial charge in [-0.1, -0.05) is 0 Å². The molecule has 0 fully saturated rings. The Hall–Kier alpha value is 0.0500. The van der Waals surface area contributed by atoms with E-state index in [9.17, 15) is 0 Å². The first-order valence-electron chi connectivity index (χ1n) is 3.15. The van der Waals surface area contributed by atoms with E-state index in [-0.39, 0.29) is 0 Å². The quantitative estimate of drug-likeness (QED) is 0.548. The van der Waals surface area contributed by atoms with Gasteiger partial charge in [-0.2, -0.15) is 0 Å². The highest BCUT2D eigenvalue weighted by atomic mass is 32.2. The molecule has 0 aliphatic carbocycles. The molecule has 0 saturated heterocycles. The summed E-state index contributed by atoms with van der Waals surface area (Å²) < 4.78 is 0. The minimum atomic E-state index is 1.16. The molecule has 0 N–H and O–H groups in total. The molecule has 0 aromatic carbocycles. The highest BCUT2D eigenvalue weighted by Gasteiger charge is 2.13. The van der Waals surface area contributed by atoms with Gasteiger partial charge in [-0.15, -0.1) is 11.8 Å². The van der Waals surface area contributed by atoms with Gasteiger partial charge in [0.05, 0.1) is 0 Å². The van der Waals surface area contributed by atoms with E-state index in [0.717, 1.165) is 13.1 Å². The number of hydrogen-bond acceptors (Lipinski definition) is 2. The zero-order valence-corrected chi connectivity index (χ0v) is 7.09. The highest BCUT2D eigenvalue weighted by Crippen LogP contribution is 2.23. The van der Waals surface area contributed by atoms with Crippen LogP contribution in [0.3, 0.4) is 0 Å². The second-order valence-corrected chi connectivity index (χ2v) is 3.48. The van der Waals surface area contributed by atoms with E-state index in [0.29, 0.717) is 0 Å². The van der Waals surface area contributed by atoms with Gasteiger partial charge in [0.25, 0.3) is 0 Å². The van der Waals surface area contributed by atoms with Crippen molar-refractivity contribution in [3.8, 4) is 0 Å². The number of likely N-dealkylation sites (N-methyl/N-ethyl adjacent to an activating group) is 1. The molecule has 1 aliphatic heterocycles. The van der Waals surface area contributed by atoms with Gasteiger partial charge in [0, 0.05) is 13.1 Å². The average Bonchev–Trinajstić information content (AvgIpc) is 2.10. The van der Waals surface area contributed by atoms with E-state index in [1.165, 1.54) is 0 Å². The van der Waals surface area contributed by atoms with Gasteiger partial charge in [-0.3, -0.25) is 4.90 Å². The Bertz CT molecular complexity index is 140. The van der Waals surface area contributed by atoms with E-state index in [1.54, 1.807) is 10.5 Å². The summed E-state index contributed by atoms with van der Waals surface area (Å²) in [4.78, 5) is 3.89. The summed E-state index contributed by atoms with van der Waals surface area (Å²) in [7, 11) is 2.16. The molecular weight excluding hydrogens is 130 g/mol. The Morgan fingerprint density at radius 2 is 2.11 bits per heavy atom. The molecule has 1 rings (SSSR count). The van der Waals surface area contributed by atoms with Crippen LogP contribution in [0.4, 0.5) is 0 Å². The van der Waals surface area contributed by atoms with E-state index >= 15 is 0 Å². The Kier molecular flexibility index (Phi) is 2.19. The topological polar surface area (TPSA) is 3.24 Å². The summed E-state index contributed by atoms with van der Waals surface area (Å²) in [5.74, 6) is 0. The van der Waals surface area contributed by atoms with E-state index in [2.05, 4.69) is 25.1 Å². The molecule has 2 heteroatoms. The fourth-order valence-corrected chi connectivity index (χ4v) is 1.93. The van der Waals surface area contributed by atoms with Crippen LogP contribution in [0.15, 0.2) is 10.5 Å². The van der Waals surface area contributed by atoms with Gasteiger partial charge in [0.15, 0.2) is 0 Å². The fourth-order valence-electron chi connectivity index (χ4n) is 1.17. The van der Waals surface area contributed by atoms with Crippen LogP contribution in [-0.2, 0) is 0 Å². The van der Waals surface area contributed by atoms with E-state index < -0.39 is 0 Å². The Balaban J connectivity index is 2.58. The number of nitrogens with zero attached hydrogens (tertiary/aromatic N) is 1. The summed E-state index contributed by atoms with van der Waals surface area (Å²) in [6.45, 7) is 4.54. The summed E-state index contributed by atoms with van der Waals surface area (Å²) in [5.41, 5.74) is 1.55. The minimum absolute atomic E-state index is 1.16. The van der Waals surface area contributed by atoms with E-state index in [4.69, 9.17) is 0 Å². The van der Waals surface area contributed by atoms with Crippen LogP contribution in [0, 0.1) is 0 Å². The summed E-state index contributed by atoms with van der Waals surface area (Å²) >= 11 is 1.88. The second-order valence-electron chi connectivity index (χ2n) is 2.58. The maximum absolute atomic E-state index is 2.33. The standard InChI is InChI=1S/C7H13NS/c1-6-4-8(2)5-7(6)9-3/h4-5H2,1-3H3. The zero-order valence-electron chi connectivity index (χ0n) is 6.27. The van der Waals surface area contributed by atoms with Gasteiger partial charge in [0.1, 0.15) is 0 Å². The van der Waals surface area contributed by atoms with Crippen LogP contribution in [0.1, 0.15) is 6.92 Å². The van der Waals surface area contributed by atoms with Gasteiger partial charge < -0.3 is 0 Å². The fraction of sp³-hybridized carbons (Fsp3) is 0.714. The first kappa shape index (κ1) is 7.16. The van der Waals surface area contributed by atoms with Crippen LogP contribution in [0.25, 0.3) is 0 Å². The smallest absolute Gasteiger partial charge is 0.0293 e. The van der Waals surface area contributed by atoms with Crippen molar-refractivity contribution in [2.24, 2.45) is 0 Å². The highest BCUT2D eigenvalue weighted by molar-refractivity contribution is 8.02. The monoisotopic (exact) mass is 143 g/mol. The van der Waals surface area contributed by atoms with Gasteiger partial charge in [-0.25, -0.2) is 0 Å². The molecule has 0 radical (unpaired) electrons. The molecule has 0 aromatic rings. The predicted octanol–water partition coefficient (Wildman–Crippen LogP) is 1.57. The Morgan fingerprint density at radius 3 is 2.33 bits per heavy atom. The first-order valence-corrected chi connectivity index (χ1v) is 4.37. The molecular formula is C7H13NS. The molecule has 0 atom stereocenters. The van der Waals surface area contributed by atoms with Crippen molar-refractivity contribution in [2.45, 2.75) is 6.92 Å². The molecule has 0 bridgehead atoms. The molecule has 52 valence electrons. The predicted molar refractivity (Wildman–Crippen MR) is 43.7 cm³/mol. The lowest BCUT2D eigenvalue weighted by atomic mass is 10.3. The SMILES string of the molecule is CSC1=C(C)CN(C)C1. The number of thioether (sulfide) groups is 1. The second kappa shape index (κ2) is 2.76. The van der Waals surface area contributed by atoms with Crippen molar-refractivity contribution in [3.63, 3.8) is 0 Å². The Labute approximate surface area is 61.1 Å². The zero-order chi connectivity index (χ0) is 6.85. The van der Waals surface area contributed by atoms with Crippen LogP contribution in [0.2, 0.25) is 0 Å². The first-order chi connectivity index (χ1) is 4.24. The molecule has 0 unspecified atom stereocenters. The maximum Gasteiger partial charge on any atom is 0.0293 e. The lowest BCUT2D eigenvalue weighted by Gasteiger charge is -2.04. The van der Waals surface area contributed by atoms with Crippen molar-refractivity contribution in [3.05, 3.63) is 10.5 Å². The third kappa shape index (κ3) is 1.49. The van der Waals surface area contributed by atoms with Gasteiger partial charge in [-0.05, 0) is 30.7 Å². The molecule has 0 spiro atoms. The third-order valence-electron chi connectivity index (χ3n) is 1.64. The molecule has 0 saturated carbocycles. The van der Waals surface area contributed by atoms with Crippen LogP contribution in [-0.4, -0.2) is 31.3 Å². The lowest BCUT2D eigenvalue weighted by Crippen LogP contribution is -2.13. The molecule has 1 heterocycles. The van der Waals surface area contributed by atoms with Crippen molar-refractivity contribution in [1.82, 2.24) is 4.90 Å².